The predicted molar refractivity (Wildman–Crippen MR) is 88.9 cm³/mol. The largest absolute Gasteiger partial charge is 0.286 e. The van der Waals surface area contributed by atoms with E-state index in [0.29, 0.717) is 12.1 Å². The molecular formula is C19H14FN3. The SMILES string of the molecule is Cc1cc(-c2ncccc2-c2cnc3c(c2)C=NC3)ccc1F. The molecule has 23 heavy (non-hydrogen) atoms. The average Bonchev–Trinajstić information content (AvgIpc) is 3.05. The van der Waals surface area contributed by atoms with Crippen LogP contribution in [0.4, 0.5) is 4.39 Å². The van der Waals surface area contributed by atoms with E-state index in [-0.39, 0.29) is 5.82 Å². The molecule has 4 rings (SSSR count). The Labute approximate surface area is 133 Å². The topological polar surface area (TPSA) is 38.1 Å². The number of rotatable bonds is 2. The monoisotopic (exact) mass is 303 g/mol. The van der Waals surface area contributed by atoms with Crippen LogP contribution in [0.25, 0.3) is 22.4 Å². The van der Waals surface area contributed by atoms with Crippen molar-refractivity contribution in [2.75, 3.05) is 0 Å². The minimum Gasteiger partial charge on any atom is -0.286 e. The quantitative estimate of drug-likeness (QED) is 0.712. The molecule has 0 saturated carbocycles. The van der Waals surface area contributed by atoms with Crippen molar-refractivity contribution >= 4 is 6.21 Å². The summed E-state index contributed by atoms with van der Waals surface area (Å²) in [4.78, 5) is 13.2. The number of hydrogen-bond acceptors (Lipinski definition) is 3. The van der Waals surface area contributed by atoms with Crippen LogP contribution in [0.1, 0.15) is 16.8 Å². The Balaban J connectivity index is 1.87. The maximum atomic E-state index is 13.5. The van der Waals surface area contributed by atoms with Crippen molar-refractivity contribution in [3.8, 4) is 22.4 Å². The van der Waals surface area contributed by atoms with E-state index in [2.05, 4.69) is 21.0 Å². The number of halogens is 1. The van der Waals surface area contributed by atoms with E-state index in [1.807, 2.05) is 30.6 Å². The number of pyridine rings is 2. The summed E-state index contributed by atoms with van der Waals surface area (Å²) in [6.45, 7) is 2.40. The van der Waals surface area contributed by atoms with Crippen LogP contribution in [0.5, 0.6) is 0 Å². The number of aromatic nitrogens is 2. The average molecular weight is 303 g/mol. The van der Waals surface area contributed by atoms with Gasteiger partial charge in [0.15, 0.2) is 0 Å². The lowest BCUT2D eigenvalue weighted by Gasteiger charge is -2.10. The Morgan fingerprint density at radius 1 is 1.04 bits per heavy atom. The lowest BCUT2D eigenvalue weighted by Crippen LogP contribution is -1.94. The number of fused-ring (bicyclic) bond motifs is 1. The molecule has 0 aliphatic carbocycles. The summed E-state index contributed by atoms with van der Waals surface area (Å²) >= 11 is 0. The number of aryl methyl sites for hydroxylation is 1. The summed E-state index contributed by atoms with van der Waals surface area (Å²) in [6.07, 6.45) is 5.45. The van der Waals surface area contributed by atoms with Gasteiger partial charge in [-0.25, -0.2) is 4.39 Å². The molecule has 0 unspecified atom stereocenters. The van der Waals surface area contributed by atoms with Gasteiger partial charge in [0.05, 0.1) is 17.9 Å². The summed E-state index contributed by atoms with van der Waals surface area (Å²) in [5.41, 5.74) is 6.35. The van der Waals surface area contributed by atoms with Crippen LogP contribution in [-0.4, -0.2) is 16.2 Å². The molecule has 0 fully saturated rings. The first-order valence-electron chi connectivity index (χ1n) is 7.43. The summed E-state index contributed by atoms with van der Waals surface area (Å²) in [5, 5.41) is 0. The van der Waals surface area contributed by atoms with E-state index >= 15 is 0 Å². The molecule has 0 bridgehead atoms. The summed E-state index contributed by atoms with van der Waals surface area (Å²) in [5.74, 6) is -0.207. The van der Waals surface area contributed by atoms with Crippen LogP contribution in [0.2, 0.25) is 0 Å². The Morgan fingerprint density at radius 2 is 1.96 bits per heavy atom. The standard InChI is InChI=1S/C19H14FN3/c1-12-7-13(4-5-17(12)20)19-16(3-2-6-22-19)14-8-15-9-21-11-18(15)23-10-14/h2-10H,11H2,1H3. The van der Waals surface area contributed by atoms with Crippen LogP contribution in [-0.2, 0) is 6.54 Å². The molecule has 0 N–H and O–H groups in total. The van der Waals surface area contributed by atoms with Crippen LogP contribution in [0, 0.1) is 12.7 Å². The van der Waals surface area contributed by atoms with Crippen LogP contribution in [0.3, 0.4) is 0 Å². The normalized spacial score (nSPS) is 12.4. The van der Waals surface area contributed by atoms with Crippen molar-refractivity contribution in [2.24, 2.45) is 4.99 Å². The first-order chi connectivity index (χ1) is 11.2. The molecule has 0 saturated heterocycles. The third kappa shape index (κ3) is 2.42. The maximum Gasteiger partial charge on any atom is 0.126 e. The van der Waals surface area contributed by atoms with E-state index in [1.54, 1.807) is 19.2 Å². The molecular weight excluding hydrogens is 289 g/mol. The zero-order valence-electron chi connectivity index (χ0n) is 12.6. The highest BCUT2D eigenvalue weighted by Crippen LogP contribution is 2.31. The van der Waals surface area contributed by atoms with E-state index in [9.17, 15) is 4.39 Å². The van der Waals surface area contributed by atoms with Crippen LogP contribution >= 0.6 is 0 Å². The number of benzene rings is 1. The van der Waals surface area contributed by atoms with Gasteiger partial charge < -0.3 is 0 Å². The highest BCUT2D eigenvalue weighted by molar-refractivity contribution is 5.88. The highest BCUT2D eigenvalue weighted by Gasteiger charge is 2.13. The lowest BCUT2D eigenvalue weighted by atomic mass is 9.98. The van der Waals surface area contributed by atoms with Gasteiger partial charge in [0.2, 0.25) is 0 Å². The zero-order valence-corrected chi connectivity index (χ0v) is 12.6. The van der Waals surface area contributed by atoms with Crippen molar-refractivity contribution in [3.63, 3.8) is 0 Å². The highest BCUT2D eigenvalue weighted by atomic mass is 19.1. The van der Waals surface area contributed by atoms with Crippen molar-refractivity contribution in [1.82, 2.24) is 9.97 Å². The van der Waals surface area contributed by atoms with E-state index in [1.165, 1.54) is 6.07 Å². The molecule has 3 nitrogen and oxygen atoms in total. The third-order valence-electron chi connectivity index (χ3n) is 4.03. The lowest BCUT2D eigenvalue weighted by molar-refractivity contribution is 0.619. The summed E-state index contributed by atoms with van der Waals surface area (Å²) in [7, 11) is 0. The molecule has 1 aromatic carbocycles. The van der Waals surface area contributed by atoms with Gasteiger partial charge in [-0.1, -0.05) is 6.07 Å². The molecule has 3 aromatic rings. The Morgan fingerprint density at radius 3 is 2.83 bits per heavy atom. The molecule has 3 heterocycles. The van der Waals surface area contributed by atoms with Crippen molar-refractivity contribution < 1.29 is 4.39 Å². The van der Waals surface area contributed by atoms with Gasteiger partial charge in [-0.05, 0) is 42.8 Å². The van der Waals surface area contributed by atoms with Crippen molar-refractivity contribution in [3.05, 3.63) is 71.4 Å². The number of aliphatic imine (C=N–C) groups is 1. The first-order valence-corrected chi connectivity index (χ1v) is 7.43. The predicted octanol–water partition coefficient (Wildman–Crippen LogP) is 4.19. The molecule has 4 heteroatoms. The van der Waals surface area contributed by atoms with Gasteiger partial charge in [-0.15, -0.1) is 0 Å². The van der Waals surface area contributed by atoms with E-state index in [4.69, 9.17) is 0 Å². The van der Waals surface area contributed by atoms with Crippen LogP contribution in [0.15, 0.2) is 53.8 Å². The molecule has 0 radical (unpaired) electrons. The minimum atomic E-state index is -0.207. The van der Waals surface area contributed by atoms with E-state index in [0.717, 1.165) is 33.6 Å². The molecule has 0 amide bonds. The van der Waals surface area contributed by atoms with Crippen molar-refractivity contribution in [2.45, 2.75) is 13.5 Å². The molecule has 0 spiro atoms. The van der Waals surface area contributed by atoms with Crippen LogP contribution < -0.4 is 0 Å². The maximum absolute atomic E-state index is 13.5. The Kier molecular flexibility index (Phi) is 3.23. The second kappa shape index (κ2) is 5.39. The van der Waals surface area contributed by atoms with Gasteiger partial charge >= 0.3 is 0 Å². The fourth-order valence-electron chi connectivity index (χ4n) is 2.79. The molecule has 1 aliphatic heterocycles. The van der Waals surface area contributed by atoms with Gasteiger partial charge in [-0.2, -0.15) is 0 Å². The second-order valence-electron chi connectivity index (χ2n) is 5.59. The van der Waals surface area contributed by atoms with Gasteiger partial charge in [0, 0.05) is 40.9 Å². The smallest absolute Gasteiger partial charge is 0.126 e. The zero-order chi connectivity index (χ0) is 15.8. The molecule has 0 atom stereocenters. The summed E-state index contributed by atoms with van der Waals surface area (Å²) in [6, 6.07) is 11.1. The van der Waals surface area contributed by atoms with Gasteiger partial charge in [0.1, 0.15) is 5.82 Å². The fourth-order valence-corrected chi connectivity index (χ4v) is 2.79. The Hall–Kier alpha value is -2.88. The van der Waals surface area contributed by atoms with Crippen molar-refractivity contribution in [1.29, 1.82) is 0 Å². The molecule has 1 aliphatic rings. The molecule has 112 valence electrons. The first kappa shape index (κ1) is 13.8. The minimum absolute atomic E-state index is 0.207. The summed E-state index contributed by atoms with van der Waals surface area (Å²) < 4.78 is 13.5. The second-order valence-corrected chi connectivity index (χ2v) is 5.59. The number of nitrogens with zero attached hydrogens (tertiary/aromatic N) is 3. The Bertz CT molecular complexity index is 932. The van der Waals surface area contributed by atoms with E-state index < -0.39 is 0 Å². The molecule has 2 aromatic heterocycles. The third-order valence-corrected chi connectivity index (χ3v) is 4.03. The van der Waals surface area contributed by atoms with Gasteiger partial charge in [-0.3, -0.25) is 15.0 Å². The number of hydrogen-bond donors (Lipinski definition) is 0. The van der Waals surface area contributed by atoms with Gasteiger partial charge in [0.25, 0.3) is 0 Å². The fraction of sp³-hybridized carbons (Fsp3) is 0.105.